The summed E-state index contributed by atoms with van der Waals surface area (Å²) < 4.78 is 4.49. The summed E-state index contributed by atoms with van der Waals surface area (Å²) in [4.78, 5) is 9.95. The SMILES string of the molecule is N#Cc1cccc(-c2ccccc2-c2cc(-n3c4ccccc4c4ccccc43)nc(-n3c4ccccc4c4ccncc43)c2)c1. The van der Waals surface area contributed by atoms with Crippen molar-refractivity contribution in [2.75, 3.05) is 0 Å². The Morgan fingerprint density at radius 3 is 1.61 bits per heavy atom. The van der Waals surface area contributed by atoms with Crippen molar-refractivity contribution < 1.29 is 0 Å². The van der Waals surface area contributed by atoms with Crippen LogP contribution in [0.4, 0.5) is 0 Å². The predicted octanol–water partition coefficient (Wildman–Crippen LogP) is 9.88. The lowest BCUT2D eigenvalue weighted by atomic mass is 9.94. The molecule has 5 nitrogen and oxygen atoms in total. The number of nitrogens with zero attached hydrogens (tertiary/aromatic N) is 5. The standard InChI is InChI=1S/C41H25N5/c42-25-27-10-9-11-28(22-27)30-12-1-2-13-31(30)29-23-40(45-36-17-6-3-14-32(36)33-15-4-7-18-37(33)45)44-41(24-29)46-38-19-8-5-16-34(38)35-20-21-43-26-39(35)46/h1-24,26H. The first-order valence-corrected chi connectivity index (χ1v) is 15.2. The Balaban J connectivity index is 1.40. The topological polar surface area (TPSA) is 59.4 Å². The van der Waals surface area contributed by atoms with E-state index < -0.39 is 0 Å². The molecule has 214 valence electrons. The van der Waals surface area contributed by atoms with Gasteiger partial charge in [-0.05, 0) is 70.8 Å². The van der Waals surface area contributed by atoms with Crippen LogP contribution in [0.1, 0.15) is 5.56 Å². The first-order valence-electron chi connectivity index (χ1n) is 15.2. The first kappa shape index (κ1) is 25.9. The number of hydrogen-bond donors (Lipinski definition) is 0. The van der Waals surface area contributed by atoms with Crippen molar-refractivity contribution in [3.63, 3.8) is 0 Å². The van der Waals surface area contributed by atoms with E-state index >= 15 is 0 Å². The molecular formula is C41H25N5. The number of aromatic nitrogens is 4. The summed E-state index contributed by atoms with van der Waals surface area (Å²) in [7, 11) is 0. The summed E-state index contributed by atoms with van der Waals surface area (Å²) in [5.74, 6) is 1.62. The molecule has 46 heavy (non-hydrogen) atoms. The number of nitriles is 1. The van der Waals surface area contributed by atoms with Crippen LogP contribution in [0.2, 0.25) is 0 Å². The van der Waals surface area contributed by atoms with E-state index in [2.05, 4.69) is 135 Å². The Morgan fingerprint density at radius 2 is 1.00 bits per heavy atom. The van der Waals surface area contributed by atoms with Crippen LogP contribution in [0.15, 0.2) is 152 Å². The minimum absolute atomic E-state index is 0.631. The number of para-hydroxylation sites is 3. The quantitative estimate of drug-likeness (QED) is 0.206. The Kier molecular flexibility index (Phi) is 5.81. The van der Waals surface area contributed by atoms with Crippen LogP contribution in [-0.2, 0) is 0 Å². The molecule has 0 amide bonds. The molecular weight excluding hydrogens is 562 g/mol. The van der Waals surface area contributed by atoms with E-state index in [9.17, 15) is 5.26 Å². The van der Waals surface area contributed by atoms with Gasteiger partial charge in [-0.3, -0.25) is 14.1 Å². The molecule has 9 rings (SSSR count). The number of pyridine rings is 2. The largest absolute Gasteiger partial charge is 0.294 e. The second-order valence-corrected chi connectivity index (χ2v) is 11.4. The van der Waals surface area contributed by atoms with Crippen molar-refractivity contribution in [3.05, 3.63) is 157 Å². The Bertz CT molecular complexity index is 2430. The number of rotatable bonds is 4. The summed E-state index contributed by atoms with van der Waals surface area (Å²) in [6.45, 7) is 0. The van der Waals surface area contributed by atoms with E-state index in [4.69, 9.17) is 4.98 Å². The number of benzene rings is 5. The molecule has 0 spiro atoms. The lowest BCUT2D eigenvalue weighted by molar-refractivity contribution is 1.01. The smallest absolute Gasteiger partial charge is 0.140 e. The van der Waals surface area contributed by atoms with Gasteiger partial charge in [0.05, 0.1) is 39.9 Å². The molecule has 0 atom stereocenters. The monoisotopic (exact) mass is 587 g/mol. The van der Waals surface area contributed by atoms with Gasteiger partial charge in [-0.25, -0.2) is 4.98 Å². The van der Waals surface area contributed by atoms with Crippen molar-refractivity contribution >= 4 is 43.6 Å². The second kappa shape index (κ2) is 10.3. The van der Waals surface area contributed by atoms with Gasteiger partial charge in [0.2, 0.25) is 0 Å². The van der Waals surface area contributed by atoms with Gasteiger partial charge in [-0.2, -0.15) is 5.26 Å². The van der Waals surface area contributed by atoms with E-state index in [0.717, 1.165) is 66.7 Å². The molecule has 5 heteroatoms. The average molecular weight is 588 g/mol. The van der Waals surface area contributed by atoms with Crippen LogP contribution >= 0.6 is 0 Å². The van der Waals surface area contributed by atoms with Crippen molar-refractivity contribution in [2.45, 2.75) is 0 Å². The molecule has 9 aromatic rings. The van der Waals surface area contributed by atoms with Crippen LogP contribution < -0.4 is 0 Å². The summed E-state index contributed by atoms with van der Waals surface area (Å²) in [6, 6.07) is 50.4. The van der Waals surface area contributed by atoms with Crippen LogP contribution in [0.3, 0.4) is 0 Å². The highest BCUT2D eigenvalue weighted by molar-refractivity contribution is 6.10. The maximum atomic E-state index is 9.66. The van der Waals surface area contributed by atoms with E-state index in [1.165, 1.54) is 10.8 Å². The number of hydrogen-bond acceptors (Lipinski definition) is 3. The van der Waals surface area contributed by atoms with Gasteiger partial charge < -0.3 is 0 Å². The summed E-state index contributed by atoms with van der Waals surface area (Å²) >= 11 is 0. The van der Waals surface area contributed by atoms with Gasteiger partial charge in [0.25, 0.3) is 0 Å². The molecule has 4 heterocycles. The molecule has 0 fully saturated rings. The van der Waals surface area contributed by atoms with Gasteiger partial charge in [-0.15, -0.1) is 0 Å². The van der Waals surface area contributed by atoms with Crippen LogP contribution in [0.25, 0.3) is 77.5 Å². The van der Waals surface area contributed by atoms with Gasteiger partial charge in [-0.1, -0.05) is 91.0 Å². The molecule has 0 aliphatic heterocycles. The van der Waals surface area contributed by atoms with Crippen molar-refractivity contribution in [1.82, 2.24) is 19.1 Å². The molecule has 0 N–H and O–H groups in total. The molecule has 0 bridgehead atoms. The third-order valence-electron chi connectivity index (χ3n) is 8.85. The minimum Gasteiger partial charge on any atom is -0.294 e. The second-order valence-electron chi connectivity index (χ2n) is 11.4. The normalized spacial score (nSPS) is 11.5. The van der Waals surface area contributed by atoms with Crippen molar-refractivity contribution in [2.24, 2.45) is 0 Å². The van der Waals surface area contributed by atoms with Crippen molar-refractivity contribution in [1.29, 1.82) is 5.26 Å². The highest BCUT2D eigenvalue weighted by Gasteiger charge is 2.19. The maximum Gasteiger partial charge on any atom is 0.140 e. The third kappa shape index (κ3) is 3.94. The summed E-state index contributed by atoms with van der Waals surface area (Å²) in [5, 5.41) is 14.3. The zero-order chi connectivity index (χ0) is 30.6. The van der Waals surface area contributed by atoms with Gasteiger partial charge in [0.1, 0.15) is 11.6 Å². The fourth-order valence-electron chi connectivity index (χ4n) is 6.86. The highest BCUT2D eigenvalue weighted by Crippen LogP contribution is 2.38. The highest BCUT2D eigenvalue weighted by atomic mass is 15.1. The van der Waals surface area contributed by atoms with Gasteiger partial charge >= 0.3 is 0 Å². The van der Waals surface area contributed by atoms with Crippen LogP contribution in [-0.4, -0.2) is 19.1 Å². The predicted molar refractivity (Wildman–Crippen MR) is 186 cm³/mol. The van der Waals surface area contributed by atoms with Crippen LogP contribution in [0, 0.1) is 11.3 Å². The molecule has 0 radical (unpaired) electrons. The molecule has 0 aliphatic rings. The first-order chi connectivity index (χ1) is 22.8. The van der Waals surface area contributed by atoms with Gasteiger partial charge in [0, 0.05) is 27.7 Å². The summed E-state index contributed by atoms with van der Waals surface area (Å²) in [5.41, 5.74) is 9.01. The van der Waals surface area contributed by atoms with Crippen LogP contribution in [0.5, 0.6) is 0 Å². The Labute approximate surface area is 264 Å². The fourth-order valence-corrected chi connectivity index (χ4v) is 6.86. The molecule has 5 aromatic carbocycles. The third-order valence-corrected chi connectivity index (χ3v) is 8.85. The zero-order valence-corrected chi connectivity index (χ0v) is 24.7. The van der Waals surface area contributed by atoms with E-state index in [1.54, 1.807) is 0 Å². The number of fused-ring (bicyclic) bond motifs is 6. The Hall–Kier alpha value is -6.51. The molecule has 0 saturated carbocycles. The molecule has 0 saturated heterocycles. The van der Waals surface area contributed by atoms with Crippen molar-refractivity contribution in [3.8, 4) is 40.0 Å². The Morgan fingerprint density at radius 1 is 0.478 bits per heavy atom. The lowest BCUT2D eigenvalue weighted by Crippen LogP contribution is -2.04. The molecule has 4 aromatic heterocycles. The summed E-state index contributed by atoms with van der Waals surface area (Å²) in [6.07, 6.45) is 3.77. The minimum atomic E-state index is 0.631. The van der Waals surface area contributed by atoms with E-state index in [-0.39, 0.29) is 0 Å². The zero-order valence-electron chi connectivity index (χ0n) is 24.7. The average Bonchev–Trinajstić information content (AvgIpc) is 3.65. The molecule has 0 aliphatic carbocycles. The van der Waals surface area contributed by atoms with Gasteiger partial charge in [0.15, 0.2) is 0 Å². The lowest BCUT2D eigenvalue weighted by Gasteiger charge is -2.16. The maximum absolute atomic E-state index is 9.66. The fraction of sp³-hybridized carbons (Fsp3) is 0. The van der Waals surface area contributed by atoms with E-state index in [0.29, 0.717) is 5.56 Å². The molecule has 0 unspecified atom stereocenters. The van der Waals surface area contributed by atoms with E-state index in [1.807, 2.05) is 36.7 Å².